The van der Waals surface area contributed by atoms with Gasteiger partial charge in [-0.15, -0.1) is 0 Å². The van der Waals surface area contributed by atoms with Gasteiger partial charge in [-0.2, -0.15) is 5.10 Å². The molecule has 0 atom stereocenters. The van der Waals surface area contributed by atoms with Crippen molar-refractivity contribution < 1.29 is 14.6 Å². The lowest BCUT2D eigenvalue weighted by Crippen LogP contribution is -2.17. The number of nitrogens with one attached hydrogen (secondary N) is 1. The fourth-order valence-electron chi connectivity index (χ4n) is 2.04. The number of aryl methyl sites for hydroxylation is 1. The first kappa shape index (κ1) is 18.5. The third-order valence-corrected chi connectivity index (χ3v) is 3.51. The second kappa shape index (κ2) is 10.2. The van der Waals surface area contributed by atoms with Crippen molar-refractivity contribution >= 4 is 23.7 Å². The molecule has 25 heavy (non-hydrogen) atoms. The first-order valence-corrected chi connectivity index (χ1v) is 8.19. The maximum atomic E-state index is 11.8. The Labute approximate surface area is 151 Å². The summed E-state index contributed by atoms with van der Waals surface area (Å²) in [7, 11) is 0. The van der Waals surface area contributed by atoms with E-state index in [1.54, 1.807) is 30.5 Å². The summed E-state index contributed by atoms with van der Waals surface area (Å²) in [4.78, 5) is 11.8. The molecule has 0 radical (unpaired) electrons. The van der Waals surface area contributed by atoms with Gasteiger partial charge in [0.05, 0.1) is 6.21 Å². The van der Waals surface area contributed by atoms with E-state index < -0.39 is 0 Å². The van der Waals surface area contributed by atoms with Gasteiger partial charge in [0.2, 0.25) is 5.91 Å². The zero-order valence-electron chi connectivity index (χ0n) is 13.6. The van der Waals surface area contributed by atoms with Crippen LogP contribution in [0.3, 0.4) is 0 Å². The van der Waals surface area contributed by atoms with Crippen molar-refractivity contribution in [2.75, 3.05) is 6.61 Å². The molecule has 2 aromatic rings. The molecule has 0 unspecified atom stereocenters. The van der Waals surface area contributed by atoms with E-state index in [1.165, 1.54) is 5.54 Å². The molecule has 0 saturated carbocycles. The molecule has 0 saturated heterocycles. The lowest BCUT2D eigenvalue weighted by Gasteiger charge is -2.04. The molecule has 0 spiro atoms. The van der Waals surface area contributed by atoms with Crippen LogP contribution in [0.5, 0.6) is 11.5 Å². The number of amides is 1. The van der Waals surface area contributed by atoms with Gasteiger partial charge < -0.3 is 9.84 Å². The van der Waals surface area contributed by atoms with Crippen LogP contribution in [0.15, 0.2) is 65.2 Å². The largest absolute Gasteiger partial charge is 0.508 e. The number of hydrogen-bond donors (Lipinski definition) is 2. The van der Waals surface area contributed by atoms with Gasteiger partial charge in [-0.25, -0.2) is 5.43 Å². The first-order valence-electron chi connectivity index (χ1n) is 7.76. The average Bonchev–Trinajstić information content (AvgIpc) is 2.62. The number of para-hydroxylation sites is 1. The molecule has 2 aromatic carbocycles. The second-order valence-corrected chi connectivity index (χ2v) is 5.42. The summed E-state index contributed by atoms with van der Waals surface area (Å²) in [5.41, 5.74) is 5.45. The number of nitrogens with zero attached hydrogens (tertiary/aromatic N) is 1. The van der Waals surface area contributed by atoms with Crippen LogP contribution in [0, 0.1) is 0 Å². The Kier molecular flexibility index (Phi) is 7.53. The third-order valence-electron chi connectivity index (χ3n) is 3.33. The molecule has 0 aliphatic carbocycles. The lowest BCUT2D eigenvalue weighted by atomic mass is 10.1. The molecule has 1 amide bonds. The number of ether oxygens (including phenoxy) is 1. The molecule has 2 N–H and O–H groups in total. The highest BCUT2D eigenvalue weighted by Gasteiger charge is 2.04. The Morgan fingerprint density at radius 3 is 2.68 bits per heavy atom. The SMILES string of the molecule is O=C(CCc1ccccc1O)N/N=C/c1ccc(OC/C=C/Cl)cc1. The van der Waals surface area contributed by atoms with Crippen LogP contribution < -0.4 is 10.2 Å². The molecular formula is C19H19ClN2O3. The molecule has 0 heterocycles. The predicted octanol–water partition coefficient (Wildman–Crippen LogP) is 3.61. The number of benzene rings is 2. The van der Waals surface area contributed by atoms with Gasteiger partial charge in [0.25, 0.3) is 0 Å². The summed E-state index contributed by atoms with van der Waals surface area (Å²) >= 11 is 5.42. The summed E-state index contributed by atoms with van der Waals surface area (Å²) in [5, 5.41) is 13.6. The molecule has 0 aliphatic rings. The molecule has 0 aromatic heterocycles. The third kappa shape index (κ3) is 6.69. The average molecular weight is 359 g/mol. The maximum Gasteiger partial charge on any atom is 0.240 e. The van der Waals surface area contributed by atoms with Crippen molar-refractivity contribution in [2.45, 2.75) is 12.8 Å². The molecule has 0 aliphatic heterocycles. The van der Waals surface area contributed by atoms with E-state index in [-0.39, 0.29) is 18.1 Å². The summed E-state index contributed by atoms with van der Waals surface area (Å²) < 4.78 is 5.42. The highest BCUT2D eigenvalue weighted by atomic mass is 35.5. The van der Waals surface area contributed by atoms with Crippen molar-refractivity contribution in [3.8, 4) is 11.5 Å². The predicted molar refractivity (Wildman–Crippen MR) is 99.1 cm³/mol. The number of hydrazone groups is 1. The number of hydrogen-bond acceptors (Lipinski definition) is 4. The fourth-order valence-corrected chi connectivity index (χ4v) is 2.11. The summed E-state index contributed by atoms with van der Waals surface area (Å²) in [5.74, 6) is 0.702. The molecule has 130 valence electrons. The molecule has 0 fully saturated rings. The second-order valence-electron chi connectivity index (χ2n) is 5.16. The summed E-state index contributed by atoms with van der Waals surface area (Å²) in [6.07, 6.45) is 3.95. The van der Waals surface area contributed by atoms with Crippen LogP contribution >= 0.6 is 11.6 Å². The Balaban J connectivity index is 1.76. The highest BCUT2D eigenvalue weighted by molar-refractivity contribution is 6.25. The first-order chi connectivity index (χ1) is 12.2. The van der Waals surface area contributed by atoms with Gasteiger partial charge in [-0.3, -0.25) is 4.79 Å². The number of aromatic hydroxyl groups is 1. The number of phenolic OH excluding ortho intramolecular Hbond substituents is 1. The van der Waals surface area contributed by atoms with Gasteiger partial charge in [0, 0.05) is 12.0 Å². The van der Waals surface area contributed by atoms with E-state index >= 15 is 0 Å². The number of carbonyl (C=O) groups excluding carboxylic acids is 1. The summed E-state index contributed by atoms with van der Waals surface area (Å²) in [6.45, 7) is 0.407. The molecular weight excluding hydrogens is 340 g/mol. The number of carbonyl (C=O) groups is 1. The van der Waals surface area contributed by atoms with Crippen molar-refractivity contribution in [1.29, 1.82) is 0 Å². The summed E-state index contributed by atoms with van der Waals surface area (Å²) in [6, 6.07) is 14.2. The quantitative estimate of drug-likeness (QED) is 0.559. The molecule has 5 nitrogen and oxygen atoms in total. The van der Waals surface area contributed by atoms with E-state index in [4.69, 9.17) is 16.3 Å². The minimum absolute atomic E-state index is 0.197. The van der Waals surface area contributed by atoms with Crippen molar-refractivity contribution in [1.82, 2.24) is 5.43 Å². The van der Waals surface area contributed by atoms with E-state index in [0.29, 0.717) is 13.0 Å². The molecule has 2 rings (SSSR count). The number of halogens is 1. The van der Waals surface area contributed by atoms with Gasteiger partial charge in [-0.1, -0.05) is 29.8 Å². The van der Waals surface area contributed by atoms with Crippen molar-refractivity contribution in [3.05, 3.63) is 71.3 Å². The van der Waals surface area contributed by atoms with E-state index in [9.17, 15) is 9.90 Å². The Morgan fingerprint density at radius 2 is 1.96 bits per heavy atom. The van der Waals surface area contributed by atoms with Gasteiger partial charge >= 0.3 is 0 Å². The van der Waals surface area contributed by atoms with Gasteiger partial charge in [-0.05, 0) is 54.0 Å². The number of phenols is 1. The van der Waals surface area contributed by atoms with Crippen molar-refractivity contribution in [2.24, 2.45) is 5.10 Å². The van der Waals surface area contributed by atoms with Crippen LogP contribution in [0.2, 0.25) is 0 Å². The van der Waals surface area contributed by atoms with Crippen molar-refractivity contribution in [3.63, 3.8) is 0 Å². The maximum absolute atomic E-state index is 11.8. The molecule has 6 heteroatoms. The zero-order valence-corrected chi connectivity index (χ0v) is 14.3. The normalized spacial score (nSPS) is 11.1. The highest BCUT2D eigenvalue weighted by Crippen LogP contribution is 2.17. The Hall–Kier alpha value is -2.79. The Bertz CT molecular complexity index is 743. The minimum atomic E-state index is -0.215. The van der Waals surface area contributed by atoms with E-state index in [0.717, 1.165) is 16.9 Å². The minimum Gasteiger partial charge on any atom is -0.508 e. The standard InChI is InChI=1S/C19H19ClN2O3/c20-12-3-13-25-17-9-6-15(7-10-17)14-21-22-19(24)11-8-16-4-1-2-5-18(16)23/h1-7,9-10,12,14,23H,8,11,13H2,(H,22,24)/b12-3+,21-14+. The van der Waals surface area contributed by atoms with Crippen LogP contribution in [0.4, 0.5) is 0 Å². The Morgan fingerprint density at radius 1 is 1.20 bits per heavy atom. The van der Waals surface area contributed by atoms with Crippen LogP contribution in [0.25, 0.3) is 0 Å². The van der Waals surface area contributed by atoms with Crippen LogP contribution in [-0.4, -0.2) is 23.8 Å². The van der Waals surface area contributed by atoms with Gasteiger partial charge in [0.1, 0.15) is 18.1 Å². The molecule has 0 bridgehead atoms. The fraction of sp³-hybridized carbons (Fsp3) is 0.158. The zero-order chi connectivity index (χ0) is 17.9. The topological polar surface area (TPSA) is 70.9 Å². The van der Waals surface area contributed by atoms with E-state index in [2.05, 4.69) is 10.5 Å². The van der Waals surface area contributed by atoms with Gasteiger partial charge in [0.15, 0.2) is 0 Å². The monoisotopic (exact) mass is 358 g/mol. The number of rotatable bonds is 8. The van der Waals surface area contributed by atoms with E-state index in [1.807, 2.05) is 30.3 Å². The van der Waals surface area contributed by atoms with Crippen LogP contribution in [0.1, 0.15) is 17.5 Å². The lowest BCUT2D eigenvalue weighted by molar-refractivity contribution is -0.121. The smallest absolute Gasteiger partial charge is 0.240 e. The van der Waals surface area contributed by atoms with Crippen LogP contribution in [-0.2, 0) is 11.2 Å².